The number of nitrogens with one attached hydrogen (secondary N) is 1. The van der Waals surface area contributed by atoms with Gasteiger partial charge in [0.2, 0.25) is 10.0 Å². The maximum Gasteiger partial charge on any atom is 0.257 e. The monoisotopic (exact) mass is 344 g/mol. The number of aromatic nitrogens is 2. The lowest BCUT2D eigenvalue weighted by atomic mass is 10.1. The average Bonchev–Trinajstić information content (AvgIpc) is 2.98. The molecule has 1 unspecified atom stereocenters. The third-order valence-electron chi connectivity index (χ3n) is 3.31. The van der Waals surface area contributed by atoms with Gasteiger partial charge >= 0.3 is 0 Å². The first-order valence-electron chi connectivity index (χ1n) is 6.39. The van der Waals surface area contributed by atoms with E-state index in [0.29, 0.717) is 13.1 Å². The Morgan fingerprint density at radius 3 is 2.86 bits per heavy atom. The van der Waals surface area contributed by atoms with E-state index in [1.165, 1.54) is 4.31 Å². The van der Waals surface area contributed by atoms with Crippen molar-refractivity contribution in [1.29, 1.82) is 0 Å². The van der Waals surface area contributed by atoms with Crippen LogP contribution in [0.3, 0.4) is 0 Å². The fourth-order valence-corrected chi connectivity index (χ4v) is 3.83. The topological polar surface area (TPSA) is 67.2 Å². The van der Waals surface area contributed by atoms with Crippen molar-refractivity contribution < 1.29 is 17.2 Å². The first-order valence-corrected chi connectivity index (χ1v) is 7.83. The van der Waals surface area contributed by atoms with Crippen LogP contribution in [0, 0.1) is 5.92 Å². The predicted molar refractivity (Wildman–Crippen MR) is 76.3 cm³/mol. The minimum absolute atomic E-state index is 0. The van der Waals surface area contributed by atoms with Gasteiger partial charge in [0.25, 0.3) is 6.43 Å². The summed E-state index contributed by atoms with van der Waals surface area (Å²) in [5.74, 6) is 0.283. The summed E-state index contributed by atoms with van der Waals surface area (Å²) in [7, 11) is -1.80. The molecule has 2 rings (SSSR count). The van der Waals surface area contributed by atoms with Gasteiger partial charge in [-0.25, -0.2) is 17.2 Å². The Hall–Kier alpha value is -0.770. The molecule has 0 aliphatic carbocycles. The zero-order valence-corrected chi connectivity index (χ0v) is 13.2. The number of alkyl halides is 2. The largest absolute Gasteiger partial charge is 0.319 e. The van der Waals surface area contributed by atoms with E-state index in [-0.39, 0.29) is 23.2 Å². The van der Waals surface area contributed by atoms with Crippen LogP contribution >= 0.6 is 12.4 Å². The number of hydrogen-bond donors (Lipinski definition) is 1. The van der Waals surface area contributed by atoms with Crippen LogP contribution in [-0.4, -0.2) is 55.6 Å². The molecule has 0 saturated carbocycles. The Labute approximate surface area is 129 Å². The number of hydrogen-bond acceptors (Lipinski definition) is 4. The van der Waals surface area contributed by atoms with E-state index in [2.05, 4.69) is 10.4 Å². The Morgan fingerprint density at radius 2 is 2.24 bits per heavy atom. The molecular weight excluding hydrogens is 326 g/mol. The number of halogens is 3. The fraction of sp³-hybridized carbons (Fsp3) is 0.727. The Kier molecular flexibility index (Phi) is 6.51. The van der Waals surface area contributed by atoms with Gasteiger partial charge in [0.15, 0.2) is 0 Å². The van der Waals surface area contributed by atoms with Crippen molar-refractivity contribution in [3.05, 3.63) is 12.4 Å². The molecule has 10 heteroatoms. The van der Waals surface area contributed by atoms with Gasteiger partial charge in [-0.05, 0) is 25.9 Å². The van der Waals surface area contributed by atoms with Crippen molar-refractivity contribution in [3.63, 3.8) is 0 Å². The first-order chi connectivity index (χ1) is 9.43. The molecule has 21 heavy (non-hydrogen) atoms. The van der Waals surface area contributed by atoms with Crippen LogP contribution in [0.15, 0.2) is 17.3 Å². The van der Waals surface area contributed by atoms with Gasteiger partial charge in [-0.3, -0.25) is 4.68 Å². The molecule has 0 aromatic carbocycles. The fourth-order valence-electron chi connectivity index (χ4n) is 2.34. The molecule has 1 fully saturated rings. The summed E-state index contributed by atoms with van der Waals surface area (Å²) in [6.07, 6.45) is 0.526. The minimum atomic E-state index is -3.63. The van der Waals surface area contributed by atoms with E-state index in [4.69, 9.17) is 0 Å². The van der Waals surface area contributed by atoms with Crippen LogP contribution < -0.4 is 5.32 Å². The first kappa shape index (κ1) is 18.3. The molecule has 1 aromatic heterocycles. The third kappa shape index (κ3) is 4.35. The molecule has 1 aliphatic heterocycles. The molecule has 0 amide bonds. The van der Waals surface area contributed by atoms with Gasteiger partial charge < -0.3 is 5.32 Å². The lowest BCUT2D eigenvalue weighted by molar-refractivity contribution is 0.121. The van der Waals surface area contributed by atoms with Crippen LogP contribution in [0.5, 0.6) is 0 Å². The molecular formula is C11H19ClF2N4O2S. The zero-order chi connectivity index (χ0) is 14.8. The van der Waals surface area contributed by atoms with Crippen LogP contribution in [0.1, 0.15) is 6.42 Å². The molecule has 0 bridgehead atoms. The van der Waals surface area contributed by atoms with E-state index >= 15 is 0 Å². The number of rotatable bonds is 6. The van der Waals surface area contributed by atoms with Crippen molar-refractivity contribution in [3.8, 4) is 0 Å². The van der Waals surface area contributed by atoms with Gasteiger partial charge in [0.05, 0.1) is 6.20 Å². The quantitative estimate of drug-likeness (QED) is 0.829. The molecule has 1 N–H and O–H groups in total. The highest BCUT2D eigenvalue weighted by molar-refractivity contribution is 7.89. The van der Waals surface area contributed by atoms with Gasteiger partial charge in [-0.15, -0.1) is 12.4 Å². The van der Waals surface area contributed by atoms with Crippen molar-refractivity contribution in [2.24, 2.45) is 5.92 Å². The number of sulfonamides is 1. The SMILES string of the molecule is CNCC1CCN(S(=O)(=O)c2cnn(CC(F)F)c2)C1.Cl. The Balaban J connectivity index is 0.00000220. The van der Waals surface area contributed by atoms with Gasteiger partial charge in [-0.2, -0.15) is 9.40 Å². The molecule has 1 aromatic rings. The molecule has 2 heterocycles. The minimum Gasteiger partial charge on any atom is -0.319 e. The molecule has 0 spiro atoms. The highest BCUT2D eigenvalue weighted by Gasteiger charge is 2.33. The average molecular weight is 345 g/mol. The lowest BCUT2D eigenvalue weighted by Crippen LogP contribution is -2.30. The second-order valence-corrected chi connectivity index (χ2v) is 6.80. The summed E-state index contributed by atoms with van der Waals surface area (Å²) in [4.78, 5) is -0.0248. The predicted octanol–water partition coefficient (Wildman–Crippen LogP) is 0.800. The van der Waals surface area contributed by atoms with Crippen LogP contribution in [0.2, 0.25) is 0 Å². The second kappa shape index (κ2) is 7.48. The van der Waals surface area contributed by atoms with E-state index in [0.717, 1.165) is 30.0 Å². The van der Waals surface area contributed by atoms with Crippen molar-refractivity contribution in [2.75, 3.05) is 26.7 Å². The van der Waals surface area contributed by atoms with Crippen LogP contribution in [0.4, 0.5) is 8.78 Å². The normalized spacial score (nSPS) is 19.9. The second-order valence-electron chi connectivity index (χ2n) is 4.86. The summed E-state index contributed by atoms with van der Waals surface area (Å²) in [5.41, 5.74) is 0. The van der Waals surface area contributed by atoms with Crippen LogP contribution in [-0.2, 0) is 16.6 Å². The van der Waals surface area contributed by atoms with Gasteiger partial charge in [0, 0.05) is 19.3 Å². The third-order valence-corrected chi connectivity index (χ3v) is 5.13. The molecule has 6 nitrogen and oxygen atoms in total. The Morgan fingerprint density at radius 1 is 1.52 bits per heavy atom. The van der Waals surface area contributed by atoms with Gasteiger partial charge in [0.1, 0.15) is 11.4 Å². The van der Waals surface area contributed by atoms with Crippen LogP contribution in [0.25, 0.3) is 0 Å². The summed E-state index contributed by atoms with van der Waals surface area (Å²) in [5, 5.41) is 6.69. The summed E-state index contributed by atoms with van der Waals surface area (Å²) in [6, 6.07) is 0. The van der Waals surface area contributed by atoms with E-state index in [1.807, 2.05) is 7.05 Å². The molecule has 1 aliphatic rings. The van der Waals surface area contributed by atoms with E-state index in [1.54, 1.807) is 0 Å². The zero-order valence-electron chi connectivity index (χ0n) is 11.6. The smallest absolute Gasteiger partial charge is 0.257 e. The molecule has 1 atom stereocenters. The summed E-state index contributed by atoms with van der Waals surface area (Å²) < 4.78 is 51.5. The Bertz CT molecular complexity index is 552. The van der Waals surface area contributed by atoms with Crippen molar-refractivity contribution >= 4 is 22.4 Å². The highest BCUT2D eigenvalue weighted by atomic mass is 35.5. The molecule has 0 radical (unpaired) electrons. The van der Waals surface area contributed by atoms with E-state index in [9.17, 15) is 17.2 Å². The standard InChI is InChI=1S/C11H18F2N4O2S.ClH/c1-14-4-9-2-3-17(6-9)20(18,19)10-5-15-16(7-10)8-11(12)13;/h5,7,9,11,14H,2-4,6,8H2,1H3;1H. The highest BCUT2D eigenvalue weighted by Crippen LogP contribution is 2.23. The van der Waals surface area contributed by atoms with Gasteiger partial charge in [-0.1, -0.05) is 0 Å². The maximum absolute atomic E-state index is 12.3. The lowest BCUT2D eigenvalue weighted by Gasteiger charge is -2.15. The molecule has 122 valence electrons. The maximum atomic E-state index is 12.3. The number of nitrogens with zero attached hydrogens (tertiary/aromatic N) is 3. The van der Waals surface area contributed by atoms with Crippen molar-refractivity contribution in [2.45, 2.75) is 24.3 Å². The van der Waals surface area contributed by atoms with E-state index < -0.39 is 23.0 Å². The van der Waals surface area contributed by atoms with Crippen molar-refractivity contribution in [1.82, 2.24) is 19.4 Å². The summed E-state index contributed by atoms with van der Waals surface area (Å²) in [6.45, 7) is 1.06. The summed E-state index contributed by atoms with van der Waals surface area (Å²) >= 11 is 0. The molecule has 1 saturated heterocycles.